The average Bonchev–Trinajstić information content (AvgIpc) is 2.60. The van der Waals surface area contributed by atoms with E-state index in [-0.39, 0.29) is 12.5 Å². The van der Waals surface area contributed by atoms with Crippen LogP contribution < -0.4 is 5.32 Å². The molecule has 0 fully saturated rings. The van der Waals surface area contributed by atoms with Gasteiger partial charge in [-0.05, 0) is 27.9 Å². The highest BCUT2D eigenvalue weighted by Gasteiger charge is 2.07. The van der Waals surface area contributed by atoms with Gasteiger partial charge in [0.05, 0.1) is 5.69 Å². The molecule has 1 unspecified atom stereocenters. The minimum atomic E-state index is -0.0230. The molecular weight excluding hydrogens is 204 g/mol. The lowest BCUT2D eigenvalue weighted by Crippen LogP contribution is -2.39. The van der Waals surface area contributed by atoms with E-state index in [1.165, 1.54) is 0 Å². The summed E-state index contributed by atoms with van der Waals surface area (Å²) in [5.41, 5.74) is 0.800. The Kier molecular flexibility index (Phi) is 4.49. The Morgan fingerprint density at radius 1 is 1.69 bits per heavy atom. The van der Waals surface area contributed by atoms with Gasteiger partial charge in [0.1, 0.15) is 6.54 Å². The maximum absolute atomic E-state index is 11.5. The van der Waals surface area contributed by atoms with Crippen LogP contribution in [0.5, 0.6) is 0 Å². The molecule has 16 heavy (non-hydrogen) atoms. The monoisotopic (exact) mass is 223 g/mol. The van der Waals surface area contributed by atoms with Crippen molar-refractivity contribution in [3.05, 3.63) is 18.0 Å². The third kappa shape index (κ3) is 4.02. The molecule has 0 aliphatic rings. The minimum Gasteiger partial charge on any atom is -0.353 e. The normalized spacial score (nSPS) is 12.8. The number of nitrogens with zero attached hydrogens (tertiary/aromatic N) is 3. The molecule has 89 valence electrons. The van der Waals surface area contributed by atoms with Gasteiger partial charge in [-0.1, -0.05) is 0 Å². The van der Waals surface area contributed by atoms with E-state index in [1.807, 2.05) is 21.0 Å². The van der Waals surface area contributed by atoms with Crippen molar-refractivity contribution in [2.75, 3.05) is 20.6 Å². The van der Waals surface area contributed by atoms with Crippen molar-refractivity contribution >= 4 is 5.91 Å². The van der Waals surface area contributed by atoms with Gasteiger partial charge in [0.15, 0.2) is 0 Å². The Hall–Kier alpha value is -1.36. The molecule has 1 atom stereocenters. The Morgan fingerprint density at radius 2 is 2.38 bits per heavy atom. The lowest BCUT2D eigenvalue weighted by Gasteiger charge is -2.19. The predicted molar refractivity (Wildman–Crippen MR) is 62.0 cm³/mol. The number of nitrogens with one attached hydrogen (secondary N) is 1. The summed E-state index contributed by atoms with van der Waals surface area (Å²) in [6.07, 6.45) is 1.68. The maximum Gasteiger partial charge on any atom is 0.241 e. The molecule has 1 aromatic rings. The Morgan fingerprint density at radius 3 is 2.88 bits per heavy atom. The number of aromatic nitrogens is 2. The smallest absolute Gasteiger partial charge is 0.241 e. The molecule has 0 bridgehead atoms. The van der Waals surface area contributed by atoms with Crippen LogP contribution in [-0.2, 0) is 11.3 Å². The second kappa shape index (κ2) is 5.65. The summed E-state index contributed by atoms with van der Waals surface area (Å²) in [7, 11) is 3.98. The summed E-state index contributed by atoms with van der Waals surface area (Å²) >= 11 is 0. The molecule has 1 heterocycles. The summed E-state index contributed by atoms with van der Waals surface area (Å²) in [6.45, 7) is 4.81. The largest absolute Gasteiger partial charge is 0.353 e. The van der Waals surface area contributed by atoms with Crippen LogP contribution in [0.4, 0.5) is 0 Å². The molecule has 0 saturated carbocycles. The SMILES string of the molecule is Cc1[c]cn(CC(=O)NCC(C)N(C)C)n1. The van der Waals surface area contributed by atoms with Gasteiger partial charge in [-0.2, -0.15) is 5.10 Å². The van der Waals surface area contributed by atoms with Crippen LogP contribution in [0.3, 0.4) is 0 Å². The first kappa shape index (κ1) is 12.7. The summed E-state index contributed by atoms with van der Waals surface area (Å²) in [6, 6.07) is 3.25. The quantitative estimate of drug-likeness (QED) is 0.768. The lowest BCUT2D eigenvalue weighted by molar-refractivity contribution is -0.122. The van der Waals surface area contributed by atoms with Gasteiger partial charge < -0.3 is 10.2 Å². The van der Waals surface area contributed by atoms with E-state index in [2.05, 4.69) is 28.3 Å². The van der Waals surface area contributed by atoms with Crippen LogP contribution in [0, 0.1) is 13.0 Å². The molecule has 1 rings (SSSR count). The molecule has 0 aliphatic heterocycles. The molecule has 0 aromatic carbocycles. The van der Waals surface area contributed by atoms with Gasteiger partial charge in [-0.25, -0.2) is 0 Å². The predicted octanol–water partition coefficient (Wildman–Crippen LogP) is 0.0580. The lowest BCUT2D eigenvalue weighted by atomic mass is 10.3. The van der Waals surface area contributed by atoms with Crippen LogP contribution in [0.1, 0.15) is 12.6 Å². The number of amides is 1. The standard InChI is InChI=1S/C11H19N4O/c1-9-5-6-15(13-9)8-11(16)12-7-10(2)14(3)4/h6,10H,7-8H2,1-4H3,(H,12,16). The molecule has 1 aromatic heterocycles. The van der Waals surface area contributed by atoms with Gasteiger partial charge in [0.25, 0.3) is 0 Å². The second-order valence-corrected chi connectivity index (χ2v) is 4.17. The zero-order valence-corrected chi connectivity index (χ0v) is 10.3. The van der Waals surface area contributed by atoms with E-state index in [1.54, 1.807) is 10.9 Å². The molecular formula is C11H19N4O. The van der Waals surface area contributed by atoms with E-state index in [0.29, 0.717) is 12.6 Å². The molecule has 1 amide bonds. The van der Waals surface area contributed by atoms with E-state index in [0.717, 1.165) is 5.69 Å². The van der Waals surface area contributed by atoms with Crippen molar-refractivity contribution in [3.8, 4) is 0 Å². The molecule has 0 spiro atoms. The minimum absolute atomic E-state index is 0.0230. The van der Waals surface area contributed by atoms with Gasteiger partial charge >= 0.3 is 0 Å². The van der Waals surface area contributed by atoms with Crippen LogP contribution in [0.15, 0.2) is 6.20 Å². The number of rotatable bonds is 5. The zero-order chi connectivity index (χ0) is 12.1. The van der Waals surface area contributed by atoms with E-state index in [9.17, 15) is 4.79 Å². The number of hydrogen-bond acceptors (Lipinski definition) is 3. The molecule has 5 nitrogen and oxygen atoms in total. The summed E-state index contributed by atoms with van der Waals surface area (Å²) < 4.78 is 1.59. The van der Waals surface area contributed by atoms with Crippen molar-refractivity contribution in [1.29, 1.82) is 0 Å². The van der Waals surface area contributed by atoms with Gasteiger partial charge in [0, 0.05) is 24.8 Å². The fourth-order valence-electron chi connectivity index (χ4n) is 1.15. The fraction of sp³-hybridized carbons (Fsp3) is 0.636. The van der Waals surface area contributed by atoms with Gasteiger partial charge in [0.2, 0.25) is 5.91 Å². The maximum atomic E-state index is 11.5. The number of carbonyl (C=O) groups excluding carboxylic acids is 1. The first-order chi connectivity index (χ1) is 7.49. The van der Waals surface area contributed by atoms with E-state index in [4.69, 9.17) is 0 Å². The summed E-state index contributed by atoms with van der Waals surface area (Å²) in [4.78, 5) is 13.6. The third-order valence-corrected chi connectivity index (χ3v) is 2.48. The molecule has 0 aliphatic carbocycles. The van der Waals surface area contributed by atoms with Gasteiger partial charge in [-0.3, -0.25) is 9.48 Å². The highest BCUT2D eigenvalue weighted by molar-refractivity contribution is 5.75. The molecule has 1 radical (unpaired) electrons. The summed E-state index contributed by atoms with van der Waals surface area (Å²) in [5, 5.41) is 6.97. The van der Waals surface area contributed by atoms with Crippen LogP contribution in [0.2, 0.25) is 0 Å². The second-order valence-electron chi connectivity index (χ2n) is 4.17. The first-order valence-electron chi connectivity index (χ1n) is 5.34. The highest BCUT2D eigenvalue weighted by atomic mass is 16.2. The average molecular weight is 223 g/mol. The number of hydrogen-bond donors (Lipinski definition) is 1. The van der Waals surface area contributed by atoms with Crippen molar-refractivity contribution in [1.82, 2.24) is 20.0 Å². The van der Waals surface area contributed by atoms with E-state index >= 15 is 0 Å². The highest BCUT2D eigenvalue weighted by Crippen LogP contribution is 1.92. The van der Waals surface area contributed by atoms with Crippen molar-refractivity contribution in [3.63, 3.8) is 0 Å². The zero-order valence-electron chi connectivity index (χ0n) is 10.3. The topological polar surface area (TPSA) is 50.2 Å². The number of carbonyl (C=O) groups is 1. The number of aryl methyl sites for hydroxylation is 1. The van der Waals surface area contributed by atoms with Crippen LogP contribution in [-0.4, -0.2) is 47.3 Å². The third-order valence-electron chi connectivity index (χ3n) is 2.48. The Bertz CT molecular complexity index is 346. The molecule has 1 N–H and O–H groups in total. The van der Waals surface area contributed by atoms with Crippen molar-refractivity contribution in [2.45, 2.75) is 26.4 Å². The van der Waals surface area contributed by atoms with Crippen LogP contribution in [0.25, 0.3) is 0 Å². The van der Waals surface area contributed by atoms with Gasteiger partial charge in [-0.15, -0.1) is 0 Å². The molecule has 0 saturated heterocycles. The Labute approximate surface area is 96.4 Å². The Balaban J connectivity index is 2.31. The van der Waals surface area contributed by atoms with Crippen molar-refractivity contribution < 1.29 is 4.79 Å². The van der Waals surface area contributed by atoms with E-state index < -0.39 is 0 Å². The van der Waals surface area contributed by atoms with Crippen molar-refractivity contribution in [2.24, 2.45) is 0 Å². The fourth-order valence-corrected chi connectivity index (χ4v) is 1.15. The van der Waals surface area contributed by atoms with Crippen LogP contribution >= 0.6 is 0 Å². The molecule has 5 heteroatoms. The summed E-state index contributed by atoms with van der Waals surface area (Å²) in [5.74, 6) is -0.0230. The first-order valence-corrected chi connectivity index (χ1v) is 5.34. The number of likely N-dealkylation sites (N-methyl/N-ethyl adjacent to an activating group) is 1.